The van der Waals surface area contributed by atoms with E-state index in [4.69, 9.17) is 10.5 Å². The third kappa shape index (κ3) is 3.84. The van der Waals surface area contributed by atoms with Crippen LogP contribution in [0, 0.1) is 0 Å². The number of anilines is 1. The molecule has 5 heteroatoms. The van der Waals surface area contributed by atoms with Crippen molar-refractivity contribution in [2.45, 2.75) is 45.4 Å². The van der Waals surface area contributed by atoms with Crippen LogP contribution in [-0.2, 0) is 11.3 Å². The summed E-state index contributed by atoms with van der Waals surface area (Å²) in [6.07, 6.45) is 4.08. The number of nitrogen functional groups attached to an aromatic ring is 1. The first-order valence-corrected chi connectivity index (χ1v) is 7.41. The van der Waals surface area contributed by atoms with Crippen LogP contribution in [0.2, 0.25) is 0 Å². The Kier molecular flexibility index (Phi) is 5.20. The molecule has 0 bridgehead atoms. The fourth-order valence-electron chi connectivity index (χ4n) is 2.73. The Hall–Kier alpha value is -1.33. The van der Waals surface area contributed by atoms with E-state index in [9.17, 15) is 4.79 Å². The van der Waals surface area contributed by atoms with E-state index in [-0.39, 0.29) is 5.56 Å². The van der Waals surface area contributed by atoms with Gasteiger partial charge in [0.15, 0.2) is 0 Å². The molecule has 1 fully saturated rings. The number of pyridine rings is 1. The third-order valence-corrected chi connectivity index (χ3v) is 3.90. The lowest BCUT2D eigenvalue weighted by atomic mass is 10.1. The summed E-state index contributed by atoms with van der Waals surface area (Å²) in [6.45, 7) is 7.81. The van der Waals surface area contributed by atoms with E-state index in [2.05, 4.69) is 18.7 Å². The number of nitrogens with two attached hydrogens (primary N) is 1. The molecule has 2 heterocycles. The van der Waals surface area contributed by atoms with Crippen molar-refractivity contribution >= 4 is 5.69 Å². The molecule has 1 aliphatic heterocycles. The van der Waals surface area contributed by atoms with Crippen molar-refractivity contribution in [3.8, 4) is 0 Å². The van der Waals surface area contributed by atoms with Gasteiger partial charge in [0.25, 0.3) is 5.56 Å². The van der Waals surface area contributed by atoms with Crippen LogP contribution < -0.4 is 11.3 Å². The van der Waals surface area contributed by atoms with E-state index in [1.807, 2.05) is 0 Å². The number of nitrogens with zero attached hydrogens (tertiary/aromatic N) is 2. The van der Waals surface area contributed by atoms with Crippen LogP contribution in [0.25, 0.3) is 0 Å². The van der Waals surface area contributed by atoms with Gasteiger partial charge < -0.3 is 15.0 Å². The lowest BCUT2D eigenvalue weighted by molar-refractivity contribution is -0.0562. The zero-order chi connectivity index (χ0) is 14.5. The van der Waals surface area contributed by atoms with Gasteiger partial charge in [0.1, 0.15) is 0 Å². The van der Waals surface area contributed by atoms with E-state index in [0.29, 0.717) is 24.4 Å². The van der Waals surface area contributed by atoms with Gasteiger partial charge >= 0.3 is 0 Å². The fourth-order valence-corrected chi connectivity index (χ4v) is 2.73. The Labute approximate surface area is 120 Å². The van der Waals surface area contributed by atoms with Crippen LogP contribution in [-0.4, -0.2) is 41.3 Å². The number of morpholine rings is 1. The van der Waals surface area contributed by atoms with Crippen LogP contribution in [0.15, 0.2) is 23.1 Å². The molecule has 2 rings (SSSR count). The Morgan fingerprint density at radius 3 is 2.95 bits per heavy atom. The smallest absolute Gasteiger partial charge is 0.250 e. The summed E-state index contributed by atoms with van der Waals surface area (Å²) < 4.78 is 7.39. The highest BCUT2D eigenvalue weighted by atomic mass is 16.5. The Morgan fingerprint density at radius 2 is 2.20 bits per heavy atom. The van der Waals surface area contributed by atoms with Crippen molar-refractivity contribution in [2.24, 2.45) is 0 Å². The maximum absolute atomic E-state index is 11.7. The Bertz CT molecular complexity index is 486. The molecule has 112 valence electrons. The molecule has 1 aromatic rings. The number of aromatic nitrogens is 1. The highest BCUT2D eigenvalue weighted by Gasteiger charge is 2.24. The minimum absolute atomic E-state index is 0.0154. The van der Waals surface area contributed by atoms with Gasteiger partial charge in [-0.05, 0) is 25.8 Å². The van der Waals surface area contributed by atoms with Crippen LogP contribution in [0.4, 0.5) is 5.69 Å². The normalized spacial score (nSPS) is 23.9. The fraction of sp³-hybridized carbons (Fsp3) is 0.667. The number of aryl methyl sites for hydroxylation is 1. The third-order valence-electron chi connectivity index (χ3n) is 3.90. The lowest BCUT2D eigenvalue weighted by Gasteiger charge is -2.38. The maximum Gasteiger partial charge on any atom is 0.250 e. The van der Waals surface area contributed by atoms with Crippen molar-refractivity contribution in [1.82, 2.24) is 9.47 Å². The number of hydrogen-bond donors (Lipinski definition) is 1. The van der Waals surface area contributed by atoms with Gasteiger partial charge in [-0.2, -0.15) is 0 Å². The second-order valence-electron chi connectivity index (χ2n) is 5.55. The van der Waals surface area contributed by atoms with Crippen molar-refractivity contribution in [3.05, 3.63) is 28.7 Å². The second kappa shape index (κ2) is 6.90. The topological polar surface area (TPSA) is 60.5 Å². The predicted octanol–water partition coefficient (Wildman–Crippen LogP) is 1.32. The zero-order valence-electron chi connectivity index (χ0n) is 12.4. The number of rotatable bonds is 5. The molecule has 1 aromatic heterocycles. The lowest BCUT2D eigenvalue weighted by Crippen LogP contribution is -2.48. The largest absolute Gasteiger partial charge is 0.398 e. The van der Waals surface area contributed by atoms with Crippen molar-refractivity contribution in [2.75, 3.05) is 25.4 Å². The Morgan fingerprint density at radius 1 is 1.40 bits per heavy atom. The minimum atomic E-state index is 0.0154. The molecule has 0 aromatic carbocycles. The highest BCUT2D eigenvalue weighted by Crippen LogP contribution is 2.14. The van der Waals surface area contributed by atoms with Gasteiger partial charge in [0, 0.05) is 43.6 Å². The van der Waals surface area contributed by atoms with Gasteiger partial charge in [-0.1, -0.05) is 6.92 Å². The number of ether oxygens (including phenoxy) is 1. The van der Waals surface area contributed by atoms with Crippen molar-refractivity contribution < 1.29 is 4.74 Å². The standard InChI is InChI=1S/C15H25N3O2/c1-3-14-11-20-12(2)9-17(14)7-4-8-18-10-13(16)5-6-15(18)19/h5-6,10,12,14H,3-4,7-9,11,16H2,1-2H3. The molecule has 2 atom stereocenters. The van der Waals surface area contributed by atoms with Gasteiger partial charge in [0.2, 0.25) is 0 Å². The molecule has 5 nitrogen and oxygen atoms in total. The molecule has 0 aliphatic carbocycles. The summed E-state index contributed by atoms with van der Waals surface area (Å²) in [6, 6.07) is 3.68. The van der Waals surface area contributed by atoms with E-state index in [1.165, 1.54) is 6.07 Å². The molecule has 0 saturated carbocycles. The van der Waals surface area contributed by atoms with Crippen molar-refractivity contribution in [1.29, 1.82) is 0 Å². The minimum Gasteiger partial charge on any atom is -0.398 e. The van der Waals surface area contributed by atoms with E-state index >= 15 is 0 Å². The van der Waals surface area contributed by atoms with E-state index in [1.54, 1.807) is 16.8 Å². The average molecular weight is 279 g/mol. The number of hydrogen-bond acceptors (Lipinski definition) is 4. The molecule has 0 radical (unpaired) electrons. The summed E-state index contributed by atoms with van der Waals surface area (Å²) in [7, 11) is 0. The first kappa shape index (κ1) is 15.1. The van der Waals surface area contributed by atoms with Gasteiger partial charge in [-0.25, -0.2) is 0 Å². The van der Waals surface area contributed by atoms with Crippen molar-refractivity contribution in [3.63, 3.8) is 0 Å². The van der Waals surface area contributed by atoms with Gasteiger partial charge in [-0.15, -0.1) is 0 Å². The quantitative estimate of drug-likeness (QED) is 0.883. The SMILES string of the molecule is CCC1COC(C)CN1CCCn1cc(N)ccc1=O. The summed E-state index contributed by atoms with van der Waals surface area (Å²) in [5.74, 6) is 0. The highest BCUT2D eigenvalue weighted by molar-refractivity contribution is 5.33. The van der Waals surface area contributed by atoms with Crippen LogP contribution >= 0.6 is 0 Å². The molecule has 0 spiro atoms. The van der Waals surface area contributed by atoms with Gasteiger partial charge in [-0.3, -0.25) is 9.69 Å². The molecule has 1 aliphatic rings. The molecule has 1 saturated heterocycles. The summed E-state index contributed by atoms with van der Waals surface area (Å²) >= 11 is 0. The molecular weight excluding hydrogens is 254 g/mol. The summed E-state index contributed by atoms with van der Waals surface area (Å²) in [5.41, 5.74) is 6.37. The van der Waals surface area contributed by atoms with Gasteiger partial charge in [0.05, 0.1) is 12.7 Å². The van der Waals surface area contributed by atoms with E-state index in [0.717, 1.165) is 32.5 Å². The molecule has 2 unspecified atom stereocenters. The first-order valence-electron chi connectivity index (χ1n) is 7.41. The average Bonchev–Trinajstić information content (AvgIpc) is 2.43. The second-order valence-corrected chi connectivity index (χ2v) is 5.55. The summed E-state index contributed by atoms with van der Waals surface area (Å²) in [4.78, 5) is 14.2. The van der Waals surface area contributed by atoms with Crippen LogP contribution in [0.3, 0.4) is 0 Å². The first-order chi connectivity index (χ1) is 9.60. The maximum atomic E-state index is 11.7. The zero-order valence-corrected chi connectivity index (χ0v) is 12.4. The predicted molar refractivity (Wildman–Crippen MR) is 80.8 cm³/mol. The Balaban J connectivity index is 1.88. The molecule has 0 amide bonds. The summed E-state index contributed by atoms with van der Waals surface area (Å²) in [5, 5.41) is 0. The van der Waals surface area contributed by atoms with Crippen LogP contribution in [0.1, 0.15) is 26.7 Å². The van der Waals surface area contributed by atoms with Crippen LogP contribution in [0.5, 0.6) is 0 Å². The monoisotopic (exact) mass is 279 g/mol. The molecular formula is C15H25N3O2. The molecule has 2 N–H and O–H groups in total. The molecule has 20 heavy (non-hydrogen) atoms. The van der Waals surface area contributed by atoms with E-state index < -0.39 is 0 Å².